The van der Waals surface area contributed by atoms with E-state index in [9.17, 15) is 18.4 Å². The van der Waals surface area contributed by atoms with Gasteiger partial charge in [-0.05, 0) is 37.1 Å². The predicted octanol–water partition coefficient (Wildman–Crippen LogP) is 5.54. The van der Waals surface area contributed by atoms with Gasteiger partial charge >= 0.3 is 6.18 Å². The number of fused-ring (bicyclic) bond motifs is 1. The molecule has 26 heavy (non-hydrogen) atoms. The minimum absolute atomic E-state index is 0.210. The second kappa shape index (κ2) is 6.36. The smallest absolute Gasteiger partial charge is 0.315 e. The minimum Gasteiger partial charge on any atom is -0.315 e. The van der Waals surface area contributed by atoms with Crippen molar-refractivity contribution in [2.75, 3.05) is 0 Å². The van der Waals surface area contributed by atoms with Gasteiger partial charge in [-0.1, -0.05) is 6.42 Å². The Morgan fingerprint density at radius 3 is 2.69 bits per heavy atom. The molecule has 0 N–H and O–H groups in total. The van der Waals surface area contributed by atoms with Crippen LogP contribution in [0.25, 0.3) is 16.8 Å². The van der Waals surface area contributed by atoms with Crippen molar-refractivity contribution in [1.29, 1.82) is 5.26 Å². The lowest BCUT2D eigenvalue weighted by Crippen LogP contribution is -2.13. The zero-order valence-electron chi connectivity index (χ0n) is 13.6. The standard InChI is InChI=1S/C19H14F3N3S/c20-19(21,22)13-8-17-12(9-23)4-5-16(25(17)11-13)15-10-24-7-6-18(15)26-14-2-1-3-14/h4-8,10-11,14H,1-3H2. The maximum absolute atomic E-state index is 13.2. The summed E-state index contributed by atoms with van der Waals surface area (Å²) in [5, 5.41) is 9.80. The molecule has 3 aromatic rings. The van der Waals surface area contributed by atoms with Crippen molar-refractivity contribution >= 4 is 17.3 Å². The number of nitriles is 1. The van der Waals surface area contributed by atoms with Gasteiger partial charge in [0.05, 0.1) is 22.3 Å². The maximum atomic E-state index is 13.2. The van der Waals surface area contributed by atoms with Crippen LogP contribution in [0.5, 0.6) is 0 Å². The first kappa shape index (κ1) is 17.0. The van der Waals surface area contributed by atoms with Gasteiger partial charge in [0.2, 0.25) is 0 Å². The van der Waals surface area contributed by atoms with Gasteiger partial charge in [-0.15, -0.1) is 11.8 Å². The zero-order valence-corrected chi connectivity index (χ0v) is 14.4. The summed E-state index contributed by atoms with van der Waals surface area (Å²) in [6.07, 6.45) is 3.47. The third kappa shape index (κ3) is 2.95. The molecular formula is C19H14F3N3S. The Morgan fingerprint density at radius 2 is 2.04 bits per heavy atom. The number of alkyl halides is 3. The van der Waals surface area contributed by atoms with E-state index < -0.39 is 11.7 Å². The minimum atomic E-state index is -4.46. The lowest BCUT2D eigenvalue weighted by atomic mass is 10.00. The van der Waals surface area contributed by atoms with Gasteiger partial charge in [0.15, 0.2) is 0 Å². The number of pyridine rings is 2. The van der Waals surface area contributed by atoms with Crippen molar-refractivity contribution < 1.29 is 13.2 Å². The fraction of sp³-hybridized carbons (Fsp3) is 0.263. The lowest BCUT2D eigenvalue weighted by Gasteiger charge is -2.25. The molecule has 0 aliphatic heterocycles. The van der Waals surface area contributed by atoms with Crippen LogP contribution < -0.4 is 0 Å². The molecule has 3 aromatic heterocycles. The molecule has 0 bridgehead atoms. The van der Waals surface area contributed by atoms with E-state index >= 15 is 0 Å². The van der Waals surface area contributed by atoms with E-state index in [1.807, 2.05) is 12.1 Å². The van der Waals surface area contributed by atoms with Gasteiger partial charge in [-0.3, -0.25) is 4.98 Å². The predicted molar refractivity (Wildman–Crippen MR) is 93.8 cm³/mol. The number of hydrogen-bond donors (Lipinski definition) is 0. The summed E-state index contributed by atoms with van der Waals surface area (Å²) in [5.74, 6) is 0. The summed E-state index contributed by atoms with van der Waals surface area (Å²) in [6.45, 7) is 0. The maximum Gasteiger partial charge on any atom is 0.417 e. The molecule has 1 fully saturated rings. The summed E-state index contributed by atoms with van der Waals surface area (Å²) in [7, 11) is 0. The third-order valence-electron chi connectivity index (χ3n) is 4.61. The van der Waals surface area contributed by atoms with Crippen LogP contribution in [0.15, 0.2) is 47.8 Å². The van der Waals surface area contributed by atoms with Crippen molar-refractivity contribution in [2.45, 2.75) is 35.6 Å². The summed E-state index contributed by atoms with van der Waals surface area (Å²) in [5.41, 5.74) is 1.08. The number of aromatic nitrogens is 2. The molecule has 3 heterocycles. The van der Waals surface area contributed by atoms with Gasteiger partial charge in [0.1, 0.15) is 6.07 Å². The molecule has 0 radical (unpaired) electrons. The molecule has 1 saturated carbocycles. The van der Waals surface area contributed by atoms with Crippen LogP contribution in [0, 0.1) is 11.3 Å². The highest BCUT2D eigenvalue weighted by Gasteiger charge is 2.32. The van der Waals surface area contributed by atoms with Gasteiger partial charge in [0, 0.05) is 34.3 Å². The molecule has 4 rings (SSSR count). The molecule has 0 spiro atoms. The summed E-state index contributed by atoms with van der Waals surface area (Å²) < 4.78 is 41.0. The number of hydrogen-bond acceptors (Lipinski definition) is 3. The van der Waals surface area contributed by atoms with Crippen molar-refractivity contribution in [3.05, 3.63) is 54.0 Å². The topological polar surface area (TPSA) is 41.1 Å². The zero-order chi connectivity index (χ0) is 18.3. The molecule has 7 heteroatoms. The fourth-order valence-electron chi connectivity index (χ4n) is 3.01. The van der Waals surface area contributed by atoms with Gasteiger partial charge < -0.3 is 4.40 Å². The van der Waals surface area contributed by atoms with E-state index in [1.165, 1.54) is 10.8 Å². The number of halogens is 3. The Labute approximate surface area is 152 Å². The van der Waals surface area contributed by atoms with Crippen LogP contribution in [0.2, 0.25) is 0 Å². The molecule has 0 atom stereocenters. The van der Waals surface area contributed by atoms with E-state index in [0.29, 0.717) is 10.9 Å². The van der Waals surface area contributed by atoms with Crippen LogP contribution in [0.4, 0.5) is 13.2 Å². The Bertz CT molecular complexity index is 1010. The molecule has 0 amide bonds. The van der Waals surface area contributed by atoms with E-state index in [2.05, 4.69) is 4.98 Å². The van der Waals surface area contributed by atoms with Crippen molar-refractivity contribution in [1.82, 2.24) is 9.38 Å². The number of rotatable bonds is 3. The Morgan fingerprint density at radius 1 is 1.23 bits per heavy atom. The highest BCUT2D eigenvalue weighted by Crippen LogP contribution is 2.41. The summed E-state index contributed by atoms with van der Waals surface area (Å²) in [6, 6.07) is 8.15. The summed E-state index contributed by atoms with van der Waals surface area (Å²) >= 11 is 1.74. The number of nitrogens with zero attached hydrogens (tertiary/aromatic N) is 3. The van der Waals surface area contributed by atoms with E-state index in [4.69, 9.17) is 0 Å². The Kier molecular flexibility index (Phi) is 4.16. The first-order valence-electron chi connectivity index (χ1n) is 8.21. The van der Waals surface area contributed by atoms with Crippen LogP contribution in [-0.2, 0) is 6.18 Å². The molecule has 3 nitrogen and oxygen atoms in total. The molecule has 132 valence electrons. The third-order valence-corrected chi connectivity index (χ3v) is 6.03. The van der Waals surface area contributed by atoms with Crippen LogP contribution >= 0.6 is 11.8 Å². The van der Waals surface area contributed by atoms with Crippen LogP contribution in [0.1, 0.15) is 30.4 Å². The average molecular weight is 373 g/mol. The quantitative estimate of drug-likeness (QED) is 0.606. The number of thioether (sulfide) groups is 1. The molecular weight excluding hydrogens is 359 g/mol. The normalized spacial score (nSPS) is 15.0. The lowest BCUT2D eigenvalue weighted by molar-refractivity contribution is -0.137. The van der Waals surface area contributed by atoms with Gasteiger partial charge in [-0.25, -0.2) is 0 Å². The highest BCUT2D eigenvalue weighted by molar-refractivity contribution is 8.00. The average Bonchev–Trinajstić information content (AvgIpc) is 3.03. The van der Waals surface area contributed by atoms with Crippen molar-refractivity contribution in [3.63, 3.8) is 0 Å². The molecule has 0 unspecified atom stereocenters. The highest BCUT2D eigenvalue weighted by atomic mass is 32.2. The fourth-order valence-corrected chi connectivity index (χ4v) is 4.36. The first-order valence-corrected chi connectivity index (χ1v) is 9.09. The van der Waals surface area contributed by atoms with Crippen LogP contribution in [0.3, 0.4) is 0 Å². The molecule has 0 aromatic carbocycles. The summed E-state index contributed by atoms with van der Waals surface area (Å²) in [4.78, 5) is 5.16. The van der Waals surface area contributed by atoms with Crippen molar-refractivity contribution in [2.24, 2.45) is 0 Å². The second-order valence-corrected chi connectivity index (χ2v) is 7.61. The SMILES string of the molecule is N#Cc1ccc(-c2cnccc2SC2CCC2)n2cc(C(F)(F)F)cc12. The van der Waals surface area contributed by atoms with E-state index in [0.717, 1.165) is 35.6 Å². The Balaban J connectivity index is 1.90. The molecule has 0 saturated heterocycles. The molecule has 1 aliphatic carbocycles. The monoisotopic (exact) mass is 373 g/mol. The van der Waals surface area contributed by atoms with Crippen molar-refractivity contribution in [3.8, 4) is 17.3 Å². The van der Waals surface area contributed by atoms with E-state index in [-0.39, 0.29) is 11.1 Å². The van der Waals surface area contributed by atoms with Crippen LogP contribution in [-0.4, -0.2) is 14.6 Å². The molecule has 1 aliphatic rings. The first-order chi connectivity index (χ1) is 12.5. The Hall–Kier alpha value is -2.46. The second-order valence-electron chi connectivity index (χ2n) is 6.27. The van der Waals surface area contributed by atoms with Gasteiger partial charge in [0.25, 0.3) is 0 Å². The largest absolute Gasteiger partial charge is 0.417 e. The van der Waals surface area contributed by atoms with E-state index in [1.54, 1.807) is 36.3 Å². The van der Waals surface area contributed by atoms with Gasteiger partial charge in [-0.2, -0.15) is 18.4 Å².